The smallest absolute Gasteiger partial charge is 0.137 e. The highest BCUT2D eigenvalue weighted by Crippen LogP contribution is 2.25. The van der Waals surface area contributed by atoms with Crippen molar-refractivity contribution in [3.63, 3.8) is 0 Å². The summed E-state index contributed by atoms with van der Waals surface area (Å²) in [5.74, 6) is 0.687. The van der Waals surface area contributed by atoms with E-state index in [9.17, 15) is 0 Å². The summed E-state index contributed by atoms with van der Waals surface area (Å²) >= 11 is 0. The van der Waals surface area contributed by atoms with Gasteiger partial charge in [-0.3, -0.25) is 0 Å². The number of para-hydroxylation sites is 2. The molecule has 1 N–H and O–H groups in total. The molecule has 2 heterocycles. The number of nitrogens with one attached hydrogen (secondary N) is 1. The van der Waals surface area contributed by atoms with Crippen LogP contribution in [-0.2, 0) is 12.8 Å². The van der Waals surface area contributed by atoms with Gasteiger partial charge in [0.2, 0.25) is 0 Å². The molecule has 0 unspecified atom stereocenters. The zero-order valence-electron chi connectivity index (χ0n) is 14.9. The standard InChI is InChI=1S/C22H23N3O/c23-16-17-6-1-4-9-22(17)26-15-5-12-25-13-10-19-18-7-2-3-8-20(18)24-21(19)11-14-25/h1-4,6-9,24H,5,10-15H2. The topological polar surface area (TPSA) is 52.0 Å². The first-order chi connectivity index (χ1) is 12.8. The van der Waals surface area contributed by atoms with Gasteiger partial charge in [0.1, 0.15) is 11.8 Å². The van der Waals surface area contributed by atoms with E-state index in [1.807, 2.05) is 18.2 Å². The maximum Gasteiger partial charge on any atom is 0.137 e. The van der Waals surface area contributed by atoms with Crippen LogP contribution in [0, 0.1) is 11.3 Å². The second-order valence-corrected chi connectivity index (χ2v) is 6.78. The zero-order valence-corrected chi connectivity index (χ0v) is 14.9. The Balaban J connectivity index is 1.30. The Hall–Kier alpha value is -2.77. The Labute approximate surface area is 154 Å². The molecule has 0 aliphatic carbocycles. The summed E-state index contributed by atoms with van der Waals surface area (Å²) in [5.41, 5.74) is 4.75. The third kappa shape index (κ3) is 3.44. The molecule has 0 radical (unpaired) electrons. The van der Waals surface area contributed by atoms with Crippen LogP contribution < -0.4 is 4.74 Å². The quantitative estimate of drug-likeness (QED) is 0.713. The third-order valence-corrected chi connectivity index (χ3v) is 5.14. The number of hydrogen-bond donors (Lipinski definition) is 1. The van der Waals surface area contributed by atoms with Crippen LogP contribution in [0.25, 0.3) is 10.9 Å². The minimum atomic E-state index is 0.604. The van der Waals surface area contributed by atoms with Gasteiger partial charge in [0.15, 0.2) is 0 Å². The van der Waals surface area contributed by atoms with Gasteiger partial charge >= 0.3 is 0 Å². The van der Waals surface area contributed by atoms with Gasteiger partial charge in [-0.25, -0.2) is 0 Å². The monoisotopic (exact) mass is 345 g/mol. The van der Waals surface area contributed by atoms with E-state index in [-0.39, 0.29) is 0 Å². The predicted octanol–water partition coefficient (Wildman–Crippen LogP) is 3.91. The van der Waals surface area contributed by atoms with Gasteiger partial charge in [-0.15, -0.1) is 0 Å². The predicted molar refractivity (Wildman–Crippen MR) is 103 cm³/mol. The summed E-state index contributed by atoms with van der Waals surface area (Å²) in [6, 6.07) is 18.2. The molecule has 26 heavy (non-hydrogen) atoms. The van der Waals surface area contributed by atoms with Gasteiger partial charge < -0.3 is 14.6 Å². The Morgan fingerprint density at radius 3 is 2.77 bits per heavy atom. The molecular weight excluding hydrogens is 322 g/mol. The van der Waals surface area contributed by atoms with Crippen molar-refractivity contribution in [3.05, 3.63) is 65.4 Å². The normalized spacial score (nSPS) is 14.6. The Morgan fingerprint density at radius 2 is 1.85 bits per heavy atom. The first-order valence-electron chi connectivity index (χ1n) is 9.28. The summed E-state index contributed by atoms with van der Waals surface area (Å²) in [6.45, 7) is 3.83. The lowest BCUT2D eigenvalue weighted by atomic mass is 10.1. The van der Waals surface area contributed by atoms with Gasteiger partial charge in [0.05, 0.1) is 12.2 Å². The van der Waals surface area contributed by atoms with Gasteiger partial charge in [-0.05, 0) is 36.6 Å². The van der Waals surface area contributed by atoms with Crippen molar-refractivity contribution in [1.82, 2.24) is 9.88 Å². The molecule has 4 nitrogen and oxygen atoms in total. The van der Waals surface area contributed by atoms with E-state index in [1.165, 1.54) is 22.2 Å². The van der Waals surface area contributed by atoms with Crippen LogP contribution in [0.5, 0.6) is 5.75 Å². The minimum Gasteiger partial charge on any atom is -0.492 e. The summed E-state index contributed by atoms with van der Waals surface area (Å²) in [4.78, 5) is 6.11. The van der Waals surface area contributed by atoms with Crippen molar-refractivity contribution in [2.45, 2.75) is 19.3 Å². The number of nitrogens with zero attached hydrogens (tertiary/aromatic N) is 2. The summed E-state index contributed by atoms with van der Waals surface area (Å²) in [7, 11) is 0. The lowest BCUT2D eigenvalue weighted by Crippen LogP contribution is -2.28. The van der Waals surface area contributed by atoms with Gasteiger partial charge in [0.25, 0.3) is 0 Å². The highest BCUT2D eigenvalue weighted by Gasteiger charge is 2.17. The van der Waals surface area contributed by atoms with E-state index < -0.39 is 0 Å². The van der Waals surface area contributed by atoms with E-state index in [0.717, 1.165) is 38.9 Å². The maximum absolute atomic E-state index is 9.11. The fraction of sp³-hybridized carbons (Fsp3) is 0.318. The summed E-state index contributed by atoms with van der Waals surface area (Å²) in [6.07, 6.45) is 3.13. The van der Waals surface area contributed by atoms with Crippen molar-refractivity contribution >= 4 is 10.9 Å². The van der Waals surface area contributed by atoms with Gasteiger partial charge in [-0.2, -0.15) is 5.26 Å². The molecule has 0 spiro atoms. The Kier molecular flexibility index (Phi) is 4.90. The Bertz CT molecular complexity index is 938. The number of benzene rings is 2. The molecule has 1 aromatic heterocycles. The number of fused-ring (bicyclic) bond motifs is 3. The van der Waals surface area contributed by atoms with E-state index in [1.54, 1.807) is 6.07 Å². The fourth-order valence-corrected chi connectivity index (χ4v) is 3.79. The van der Waals surface area contributed by atoms with Crippen LogP contribution in [0.3, 0.4) is 0 Å². The average molecular weight is 345 g/mol. The second-order valence-electron chi connectivity index (χ2n) is 6.78. The number of ether oxygens (including phenoxy) is 1. The molecule has 0 bridgehead atoms. The molecular formula is C22H23N3O. The molecule has 0 fully saturated rings. The number of aromatic amines is 1. The molecule has 0 saturated heterocycles. The number of rotatable bonds is 5. The lowest BCUT2D eigenvalue weighted by molar-refractivity contribution is 0.240. The van der Waals surface area contributed by atoms with Crippen molar-refractivity contribution in [2.75, 3.05) is 26.2 Å². The molecule has 4 heteroatoms. The minimum absolute atomic E-state index is 0.604. The van der Waals surface area contributed by atoms with Crippen LogP contribution in [0.2, 0.25) is 0 Å². The molecule has 0 saturated carbocycles. The van der Waals surface area contributed by atoms with Crippen molar-refractivity contribution in [2.24, 2.45) is 0 Å². The molecule has 0 atom stereocenters. The van der Waals surface area contributed by atoms with Crippen LogP contribution in [-0.4, -0.2) is 36.1 Å². The summed E-state index contributed by atoms with van der Waals surface area (Å²) in [5, 5.41) is 10.5. The molecule has 1 aliphatic heterocycles. The maximum atomic E-state index is 9.11. The SMILES string of the molecule is N#Cc1ccccc1OCCCN1CCc2[nH]c3ccccc3c2CC1. The molecule has 0 amide bonds. The van der Waals surface area contributed by atoms with Crippen LogP contribution >= 0.6 is 0 Å². The molecule has 4 rings (SSSR count). The molecule has 1 aliphatic rings. The van der Waals surface area contributed by atoms with E-state index >= 15 is 0 Å². The molecule has 132 valence electrons. The highest BCUT2D eigenvalue weighted by atomic mass is 16.5. The van der Waals surface area contributed by atoms with Gasteiger partial charge in [0, 0.05) is 42.7 Å². The number of H-pyrrole nitrogens is 1. The van der Waals surface area contributed by atoms with Crippen LogP contribution in [0.1, 0.15) is 23.2 Å². The first-order valence-corrected chi connectivity index (χ1v) is 9.28. The molecule has 3 aromatic rings. The summed E-state index contributed by atoms with van der Waals surface area (Å²) < 4.78 is 5.80. The van der Waals surface area contributed by atoms with Crippen molar-refractivity contribution in [1.29, 1.82) is 5.26 Å². The average Bonchev–Trinajstić information content (AvgIpc) is 2.92. The first kappa shape index (κ1) is 16.7. The number of nitriles is 1. The number of hydrogen-bond acceptors (Lipinski definition) is 3. The lowest BCUT2D eigenvalue weighted by Gasteiger charge is -2.19. The van der Waals surface area contributed by atoms with Crippen LogP contribution in [0.4, 0.5) is 0 Å². The fourth-order valence-electron chi connectivity index (χ4n) is 3.79. The third-order valence-electron chi connectivity index (χ3n) is 5.14. The van der Waals surface area contributed by atoms with E-state index in [0.29, 0.717) is 17.9 Å². The molecule has 2 aromatic carbocycles. The van der Waals surface area contributed by atoms with E-state index in [2.05, 4.69) is 40.2 Å². The number of aromatic nitrogens is 1. The van der Waals surface area contributed by atoms with Crippen molar-refractivity contribution < 1.29 is 4.74 Å². The highest BCUT2D eigenvalue weighted by molar-refractivity contribution is 5.84. The van der Waals surface area contributed by atoms with Crippen molar-refractivity contribution in [3.8, 4) is 11.8 Å². The second kappa shape index (κ2) is 7.63. The Morgan fingerprint density at radius 1 is 1.04 bits per heavy atom. The van der Waals surface area contributed by atoms with Crippen LogP contribution in [0.15, 0.2) is 48.5 Å². The zero-order chi connectivity index (χ0) is 17.8. The largest absolute Gasteiger partial charge is 0.492 e. The van der Waals surface area contributed by atoms with E-state index in [4.69, 9.17) is 10.00 Å². The van der Waals surface area contributed by atoms with Gasteiger partial charge in [-0.1, -0.05) is 30.3 Å².